The number of hydrogen-bond acceptors (Lipinski definition) is 9. The largest absolute Gasteiger partial charge is 0.383 e. The van der Waals surface area contributed by atoms with E-state index in [0.29, 0.717) is 39.9 Å². The third-order valence-corrected chi connectivity index (χ3v) is 9.25. The number of nitrogens with zero attached hydrogens (tertiary/aromatic N) is 5. The number of hydrazine groups is 2. The lowest BCUT2D eigenvalue weighted by Gasteiger charge is -2.64. The zero-order valence-electron chi connectivity index (χ0n) is 25.3. The molecule has 4 N–H and O–H groups in total. The van der Waals surface area contributed by atoms with Crippen LogP contribution in [-0.4, -0.2) is 26.6 Å². The summed E-state index contributed by atoms with van der Waals surface area (Å²) in [6.07, 6.45) is 7.24. The normalized spacial score (nSPS) is 21.0. The molecule has 3 aliphatic carbocycles. The van der Waals surface area contributed by atoms with Crippen LogP contribution in [0.25, 0.3) is 21.8 Å². The Balaban J connectivity index is 1.37. The number of nitriles is 2. The summed E-state index contributed by atoms with van der Waals surface area (Å²) in [6.45, 7) is 7.01. The SMILES string of the molecule is Cn1c(=O)ccc2c([C@H](Nc3cc(C#N)c4ncc(C#N)c(NCC(C)(C)C)c4c3)C3=CN(C45CC(C4)C5)NN3)cccc21. The maximum Gasteiger partial charge on any atom is 0.250 e. The van der Waals surface area contributed by atoms with E-state index in [1.54, 1.807) is 17.7 Å². The molecule has 4 aliphatic rings. The predicted molar refractivity (Wildman–Crippen MR) is 171 cm³/mol. The summed E-state index contributed by atoms with van der Waals surface area (Å²) in [4.78, 5) is 17.0. The summed E-state index contributed by atoms with van der Waals surface area (Å²) >= 11 is 0. The molecule has 3 heterocycles. The molecule has 0 amide bonds. The van der Waals surface area contributed by atoms with Crippen molar-refractivity contribution in [3.63, 3.8) is 0 Å². The molecule has 3 saturated carbocycles. The van der Waals surface area contributed by atoms with Crippen molar-refractivity contribution in [2.24, 2.45) is 18.4 Å². The minimum absolute atomic E-state index is 0.0321. The number of rotatable bonds is 7. The average molecular weight is 586 g/mol. The van der Waals surface area contributed by atoms with Crippen LogP contribution in [0.5, 0.6) is 0 Å². The van der Waals surface area contributed by atoms with Gasteiger partial charge in [-0.25, -0.2) is 0 Å². The first kappa shape index (κ1) is 27.8. The van der Waals surface area contributed by atoms with Crippen LogP contribution >= 0.6 is 0 Å². The van der Waals surface area contributed by atoms with E-state index in [0.717, 1.165) is 28.1 Å². The standard InChI is InChI=1S/C34H35N9O/c1-33(2,3)19-38-31-22(16-36)17-37-30-21(15-35)10-23(11-26(30)31)39-32(27-18-43(41-40-27)34-12-20(13-34)14-34)25-6-5-7-28-24(25)8-9-29(44)42(28)4/h5-11,17-18,20,32,39-41H,12-14,19H2,1-4H3,(H,37,38)/t20?,32-,34?/m0/s1. The summed E-state index contributed by atoms with van der Waals surface area (Å²) in [5.74, 6) is 0.831. The second-order valence-electron chi connectivity index (χ2n) is 13.6. The molecule has 2 aromatic carbocycles. The van der Waals surface area contributed by atoms with Gasteiger partial charge >= 0.3 is 0 Å². The first-order chi connectivity index (χ1) is 21.1. The van der Waals surface area contributed by atoms with Crippen LogP contribution in [0.3, 0.4) is 0 Å². The van der Waals surface area contributed by atoms with Gasteiger partial charge in [0.25, 0.3) is 5.56 Å². The number of benzene rings is 2. The van der Waals surface area contributed by atoms with Gasteiger partial charge in [-0.15, -0.1) is 5.53 Å². The first-order valence-corrected chi connectivity index (χ1v) is 15.0. The molecular formula is C34H35N9O. The van der Waals surface area contributed by atoms with Crippen molar-refractivity contribution in [2.75, 3.05) is 17.2 Å². The smallest absolute Gasteiger partial charge is 0.250 e. The van der Waals surface area contributed by atoms with Crippen molar-refractivity contribution in [3.05, 3.63) is 87.6 Å². The van der Waals surface area contributed by atoms with Crippen molar-refractivity contribution in [3.8, 4) is 12.1 Å². The van der Waals surface area contributed by atoms with E-state index in [1.807, 2.05) is 30.3 Å². The van der Waals surface area contributed by atoms with E-state index in [9.17, 15) is 15.3 Å². The number of aromatic nitrogens is 2. The summed E-state index contributed by atoms with van der Waals surface area (Å²) in [7, 11) is 1.78. The average Bonchev–Trinajstić information content (AvgIpc) is 3.43. The summed E-state index contributed by atoms with van der Waals surface area (Å²) in [5.41, 5.74) is 12.4. The molecule has 0 radical (unpaired) electrons. The Morgan fingerprint density at radius 1 is 1.09 bits per heavy atom. The number of nitrogens with one attached hydrogen (secondary N) is 4. The Morgan fingerprint density at radius 3 is 2.55 bits per heavy atom. The highest BCUT2D eigenvalue weighted by atomic mass is 16.1. The number of aryl methyl sites for hydroxylation is 1. The number of hydrogen-bond donors (Lipinski definition) is 4. The minimum atomic E-state index is -0.358. The van der Waals surface area contributed by atoms with Crippen LogP contribution in [-0.2, 0) is 7.05 Å². The van der Waals surface area contributed by atoms with E-state index in [1.165, 1.54) is 25.5 Å². The van der Waals surface area contributed by atoms with E-state index < -0.39 is 0 Å². The van der Waals surface area contributed by atoms with Gasteiger partial charge in [0.15, 0.2) is 0 Å². The van der Waals surface area contributed by atoms with Gasteiger partial charge in [-0.1, -0.05) is 32.9 Å². The van der Waals surface area contributed by atoms with E-state index in [2.05, 4.69) is 76.8 Å². The minimum Gasteiger partial charge on any atom is -0.383 e. The van der Waals surface area contributed by atoms with Gasteiger partial charge in [-0.05, 0) is 60.4 Å². The zero-order chi connectivity index (χ0) is 30.8. The summed E-state index contributed by atoms with van der Waals surface area (Å²) in [5, 5.41) is 31.2. The quantitative estimate of drug-likeness (QED) is 0.232. The second kappa shape index (κ2) is 10.0. The third-order valence-electron chi connectivity index (χ3n) is 9.25. The van der Waals surface area contributed by atoms with Crippen molar-refractivity contribution in [1.29, 1.82) is 10.5 Å². The first-order valence-electron chi connectivity index (χ1n) is 15.0. The van der Waals surface area contributed by atoms with Gasteiger partial charge in [-0.3, -0.25) is 14.8 Å². The van der Waals surface area contributed by atoms with Gasteiger partial charge < -0.3 is 20.6 Å². The molecule has 222 valence electrons. The van der Waals surface area contributed by atoms with Crippen molar-refractivity contribution >= 4 is 33.2 Å². The van der Waals surface area contributed by atoms with Crippen LogP contribution in [0, 0.1) is 34.0 Å². The summed E-state index contributed by atoms with van der Waals surface area (Å²) in [6, 6.07) is 17.5. The fraction of sp³-hybridized carbons (Fsp3) is 0.353. The number of fused-ring (bicyclic) bond motifs is 2. The van der Waals surface area contributed by atoms with Gasteiger partial charge in [0.2, 0.25) is 0 Å². The molecule has 1 aliphatic heterocycles. The highest BCUT2D eigenvalue weighted by Gasteiger charge is 2.60. The van der Waals surface area contributed by atoms with Gasteiger partial charge in [0.1, 0.15) is 12.1 Å². The van der Waals surface area contributed by atoms with Crippen LogP contribution in [0.2, 0.25) is 0 Å². The molecule has 44 heavy (non-hydrogen) atoms. The van der Waals surface area contributed by atoms with Gasteiger partial charge in [-0.2, -0.15) is 10.5 Å². The van der Waals surface area contributed by atoms with Crippen LogP contribution in [0.15, 0.2) is 65.4 Å². The molecule has 0 saturated heterocycles. The van der Waals surface area contributed by atoms with Crippen LogP contribution in [0.4, 0.5) is 11.4 Å². The Hall–Kier alpha value is -5.06. The molecule has 4 aromatic rings. The van der Waals surface area contributed by atoms with Crippen LogP contribution in [0.1, 0.15) is 62.8 Å². The lowest BCUT2D eigenvalue weighted by atomic mass is 9.49. The molecule has 0 spiro atoms. The molecule has 1 atom stereocenters. The van der Waals surface area contributed by atoms with Gasteiger partial charge in [0.05, 0.1) is 45.1 Å². The molecular weight excluding hydrogens is 550 g/mol. The number of anilines is 2. The topological polar surface area (TPSA) is 134 Å². The Morgan fingerprint density at radius 2 is 1.86 bits per heavy atom. The molecule has 0 unspecified atom stereocenters. The summed E-state index contributed by atoms with van der Waals surface area (Å²) < 4.78 is 1.66. The zero-order valence-corrected chi connectivity index (χ0v) is 25.3. The lowest BCUT2D eigenvalue weighted by Crippen LogP contribution is -2.69. The lowest BCUT2D eigenvalue weighted by molar-refractivity contribution is -0.141. The number of pyridine rings is 2. The van der Waals surface area contributed by atoms with Crippen molar-refractivity contribution in [1.82, 2.24) is 25.5 Å². The highest BCUT2D eigenvalue weighted by Crippen LogP contribution is 2.60. The highest BCUT2D eigenvalue weighted by molar-refractivity contribution is 5.99. The molecule has 2 bridgehead atoms. The predicted octanol–water partition coefficient (Wildman–Crippen LogP) is 5.16. The van der Waals surface area contributed by atoms with E-state index in [-0.39, 0.29) is 22.6 Å². The third kappa shape index (κ3) is 4.50. The van der Waals surface area contributed by atoms with Gasteiger partial charge in [0, 0.05) is 48.5 Å². The maximum atomic E-state index is 12.5. The fourth-order valence-corrected chi connectivity index (χ4v) is 6.73. The fourth-order valence-electron chi connectivity index (χ4n) is 6.73. The molecule has 10 heteroatoms. The van der Waals surface area contributed by atoms with Crippen LogP contribution < -0.4 is 27.2 Å². The van der Waals surface area contributed by atoms with E-state index >= 15 is 0 Å². The monoisotopic (exact) mass is 585 g/mol. The molecule has 3 fully saturated rings. The van der Waals surface area contributed by atoms with Crippen molar-refractivity contribution < 1.29 is 0 Å². The maximum absolute atomic E-state index is 12.5. The molecule has 10 nitrogen and oxygen atoms in total. The molecule has 8 rings (SSSR count). The Labute approximate surface area is 255 Å². The van der Waals surface area contributed by atoms with Crippen molar-refractivity contribution in [2.45, 2.75) is 51.6 Å². The van der Waals surface area contributed by atoms with E-state index in [4.69, 9.17) is 0 Å². The Bertz CT molecular complexity index is 1990. The second-order valence-corrected chi connectivity index (χ2v) is 13.6. The molecule has 2 aromatic heterocycles. The Kier molecular flexibility index (Phi) is 6.31.